The molecule has 0 aromatic heterocycles. The standard InChI is InChI=1S/C15H29N3O2/c1-5-11(4)13(16)15(20)18-8-6-12(7-9-18)17-14(19)10(2)3/h10-13H,5-9,16H2,1-4H3,(H,17,19)/t11?,13-/m0/s1. The fourth-order valence-corrected chi connectivity index (χ4v) is 2.32. The Bertz CT molecular complexity index is 336. The third-order valence-corrected chi connectivity index (χ3v) is 4.22. The molecule has 1 heterocycles. The lowest BCUT2D eigenvalue weighted by atomic mass is 9.97. The molecule has 116 valence electrons. The average molecular weight is 283 g/mol. The molecule has 0 spiro atoms. The molecule has 5 nitrogen and oxygen atoms in total. The van der Waals surface area contributed by atoms with Gasteiger partial charge in [-0.05, 0) is 18.8 Å². The van der Waals surface area contributed by atoms with Gasteiger partial charge in [0.2, 0.25) is 11.8 Å². The lowest BCUT2D eigenvalue weighted by Crippen LogP contribution is -2.52. The van der Waals surface area contributed by atoms with Crippen LogP contribution in [0.25, 0.3) is 0 Å². The normalized spacial score (nSPS) is 19.8. The second kappa shape index (κ2) is 7.62. The van der Waals surface area contributed by atoms with Crippen molar-refractivity contribution in [2.45, 2.75) is 59.0 Å². The molecule has 2 atom stereocenters. The third kappa shape index (κ3) is 4.47. The van der Waals surface area contributed by atoms with Crippen LogP contribution in [0.3, 0.4) is 0 Å². The molecule has 1 saturated heterocycles. The number of carbonyl (C=O) groups excluding carboxylic acids is 2. The topological polar surface area (TPSA) is 75.4 Å². The molecule has 2 amide bonds. The summed E-state index contributed by atoms with van der Waals surface area (Å²) in [4.78, 5) is 25.7. The van der Waals surface area contributed by atoms with E-state index in [1.54, 1.807) is 0 Å². The first-order chi connectivity index (χ1) is 9.36. The maximum Gasteiger partial charge on any atom is 0.239 e. The van der Waals surface area contributed by atoms with E-state index in [2.05, 4.69) is 5.32 Å². The zero-order valence-corrected chi connectivity index (χ0v) is 13.2. The second-order valence-electron chi connectivity index (χ2n) is 6.17. The molecule has 20 heavy (non-hydrogen) atoms. The van der Waals surface area contributed by atoms with Crippen LogP contribution in [-0.4, -0.2) is 41.9 Å². The summed E-state index contributed by atoms with van der Waals surface area (Å²) >= 11 is 0. The van der Waals surface area contributed by atoms with Crippen molar-refractivity contribution >= 4 is 11.8 Å². The molecule has 1 rings (SSSR count). The molecule has 0 radical (unpaired) electrons. The summed E-state index contributed by atoms with van der Waals surface area (Å²) in [6.45, 7) is 9.21. The van der Waals surface area contributed by atoms with Gasteiger partial charge in [0.25, 0.3) is 0 Å². The van der Waals surface area contributed by atoms with Gasteiger partial charge in [-0.1, -0.05) is 34.1 Å². The Balaban J connectivity index is 2.42. The van der Waals surface area contributed by atoms with Gasteiger partial charge in [-0.25, -0.2) is 0 Å². The van der Waals surface area contributed by atoms with Crippen molar-refractivity contribution in [2.75, 3.05) is 13.1 Å². The van der Waals surface area contributed by atoms with Crippen molar-refractivity contribution in [3.05, 3.63) is 0 Å². The first-order valence-electron chi connectivity index (χ1n) is 7.71. The summed E-state index contributed by atoms with van der Waals surface area (Å²) in [5, 5.41) is 3.03. The zero-order chi connectivity index (χ0) is 15.3. The van der Waals surface area contributed by atoms with Gasteiger partial charge in [-0.15, -0.1) is 0 Å². The highest BCUT2D eigenvalue weighted by molar-refractivity contribution is 5.82. The smallest absolute Gasteiger partial charge is 0.239 e. The van der Waals surface area contributed by atoms with E-state index >= 15 is 0 Å². The molecule has 5 heteroatoms. The van der Waals surface area contributed by atoms with Crippen LogP contribution in [0.2, 0.25) is 0 Å². The van der Waals surface area contributed by atoms with Crippen molar-refractivity contribution in [1.82, 2.24) is 10.2 Å². The number of hydrogen-bond donors (Lipinski definition) is 2. The first-order valence-corrected chi connectivity index (χ1v) is 7.71. The lowest BCUT2D eigenvalue weighted by Gasteiger charge is -2.35. The Morgan fingerprint density at radius 2 is 1.80 bits per heavy atom. The summed E-state index contributed by atoms with van der Waals surface area (Å²) < 4.78 is 0. The van der Waals surface area contributed by atoms with Crippen LogP contribution in [0.5, 0.6) is 0 Å². The molecule has 1 unspecified atom stereocenters. The zero-order valence-electron chi connectivity index (χ0n) is 13.2. The third-order valence-electron chi connectivity index (χ3n) is 4.22. The van der Waals surface area contributed by atoms with Gasteiger partial charge in [-0.2, -0.15) is 0 Å². The van der Waals surface area contributed by atoms with Gasteiger partial charge in [0.1, 0.15) is 0 Å². The van der Waals surface area contributed by atoms with Crippen LogP contribution in [0.1, 0.15) is 47.0 Å². The minimum atomic E-state index is -0.401. The van der Waals surface area contributed by atoms with Gasteiger partial charge in [-0.3, -0.25) is 9.59 Å². The first kappa shape index (κ1) is 17.0. The fraction of sp³-hybridized carbons (Fsp3) is 0.867. The summed E-state index contributed by atoms with van der Waals surface area (Å²) in [6.07, 6.45) is 2.54. The number of piperidine rings is 1. The second-order valence-corrected chi connectivity index (χ2v) is 6.17. The van der Waals surface area contributed by atoms with E-state index in [9.17, 15) is 9.59 Å². The van der Waals surface area contributed by atoms with Crippen molar-refractivity contribution in [2.24, 2.45) is 17.6 Å². The van der Waals surface area contributed by atoms with E-state index in [-0.39, 0.29) is 29.7 Å². The monoisotopic (exact) mass is 283 g/mol. The van der Waals surface area contributed by atoms with Crippen LogP contribution >= 0.6 is 0 Å². The molecule has 0 aliphatic carbocycles. The van der Waals surface area contributed by atoms with Crippen molar-refractivity contribution in [3.8, 4) is 0 Å². The highest BCUT2D eigenvalue weighted by Crippen LogP contribution is 2.15. The number of nitrogens with one attached hydrogen (secondary N) is 1. The van der Waals surface area contributed by atoms with Crippen molar-refractivity contribution in [1.29, 1.82) is 0 Å². The minimum absolute atomic E-state index is 0.00786. The summed E-state index contributed by atoms with van der Waals surface area (Å²) in [5.74, 6) is 0.355. The maximum atomic E-state index is 12.2. The van der Waals surface area contributed by atoms with Crippen LogP contribution in [0.15, 0.2) is 0 Å². The van der Waals surface area contributed by atoms with E-state index in [1.807, 2.05) is 32.6 Å². The highest BCUT2D eigenvalue weighted by atomic mass is 16.2. The number of carbonyl (C=O) groups is 2. The van der Waals surface area contributed by atoms with E-state index in [0.29, 0.717) is 13.1 Å². The predicted molar refractivity (Wildman–Crippen MR) is 80.0 cm³/mol. The molecule has 1 fully saturated rings. The number of nitrogens with zero attached hydrogens (tertiary/aromatic N) is 1. The molecule has 0 aromatic carbocycles. The molecular formula is C15H29N3O2. The maximum absolute atomic E-state index is 12.2. The molecule has 3 N–H and O–H groups in total. The van der Waals surface area contributed by atoms with Gasteiger partial charge >= 0.3 is 0 Å². The predicted octanol–water partition coefficient (Wildman–Crippen LogP) is 1.12. The SMILES string of the molecule is CCC(C)[C@H](N)C(=O)N1CCC(NC(=O)C(C)C)CC1. The van der Waals surface area contributed by atoms with E-state index in [1.165, 1.54) is 0 Å². The number of hydrogen-bond acceptors (Lipinski definition) is 3. The summed E-state index contributed by atoms with van der Waals surface area (Å²) in [6, 6.07) is -0.212. The fourth-order valence-electron chi connectivity index (χ4n) is 2.32. The molecular weight excluding hydrogens is 254 g/mol. The highest BCUT2D eigenvalue weighted by Gasteiger charge is 2.29. The number of likely N-dealkylation sites (tertiary alicyclic amines) is 1. The van der Waals surface area contributed by atoms with Crippen LogP contribution in [-0.2, 0) is 9.59 Å². The molecule has 1 aliphatic rings. The molecule has 0 bridgehead atoms. The van der Waals surface area contributed by atoms with Crippen LogP contribution in [0, 0.1) is 11.8 Å². The van der Waals surface area contributed by atoms with Crippen molar-refractivity contribution in [3.63, 3.8) is 0 Å². The Morgan fingerprint density at radius 3 is 2.25 bits per heavy atom. The van der Waals surface area contributed by atoms with Crippen LogP contribution in [0.4, 0.5) is 0 Å². The number of amides is 2. The largest absolute Gasteiger partial charge is 0.353 e. The van der Waals surface area contributed by atoms with Gasteiger partial charge < -0.3 is 16.0 Å². The quantitative estimate of drug-likeness (QED) is 0.794. The Morgan fingerprint density at radius 1 is 1.25 bits per heavy atom. The molecule has 0 aromatic rings. The van der Waals surface area contributed by atoms with Crippen LogP contribution < -0.4 is 11.1 Å². The number of nitrogens with two attached hydrogens (primary N) is 1. The van der Waals surface area contributed by atoms with E-state index in [0.717, 1.165) is 19.3 Å². The lowest BCUT2D eigenvalue weighted by molar-refractivity contribution is -0.135. The number of rotatable bonds is 5. The van der Waals surface area contributed by atoms with Gasteiger partial charge in [0, 0.05) is 25.0 Å². The Hall–Kier alpha value is -1.10. The van der Waals surface area contributed by atoms with E-state index < -0.39 is 6.04 Å². The minimum Gasteiger partial charge on any atom is -0.353 e. The molecule has 0 saturated carbocycles. The summed E-state index contributed by atoms with van der Waals surface area (Å²) in [7, 11) is 0. The Kier molecular flexibility index (Phi) is 6.46. The van der Waals surface area contributed by atoms with Gasteiger partial charge in [0.05, 0.1) is 6.04 Å². The summed E-state index contributed by atoms with van der Waals surface area (Å²) in [5.41, 5.74) is 6.00. The van der Waals surface area contributed by atoms with E-state index in [4.69, 9.17) is 5.73 Å². The van der Waals surface area contributed by atoms with Crippen molar-refractivity contribution < 1.29 is 9.59 Å². The molecule has 1 aliphatic heterocycles. The Labute approximate surface area is 122 Å². The van der Waals surface area contributed by atoms with Gasteiger partial charge in [0.15, 0.2) is 0 Å². The average Bonchev–Trinajstić information content (AvgIpc) is 2.45.